The highest BCUT2D eigenvalue weighted by atomic mass is 35.5. The Bertz CT molecular complexity index is 301. The van der Waals surface area contributed by atoms with Gasteiger partial charge < -0.3 is 10.1 Å². The molecule has 64 valence electrons. The second-order valence-corrected chi connectivity index (χ2v) is 3.43. The Morgan fingerprint density at radius 2 is 2.42 bits per heavy atom. The summed E-state index contributed by atoms with van der Waals surface area (Å²) >= 11 is 5.81. The van der Waals surface area contributed by atoms with Crippen molar-refractivity contribution in [1.82, 2.24) is 0 Å². The molecule has 1 aliphatic rings. The Morgan fingerprint density at radius 1 is 1.58 bits per heavy atom. The fourth-order valence-electron chi connectivity index (χ4n) is 1.26. The average molecular weight is 184 g/mol. The lowest BCUT2D eigenvalue weighted by Gasteiger charge is -2.24. The maximum absolute atomic E-state index is 5.81. The molecular formula is C9H10ClNO. The number of fused-ring (bicyclic) bond motifs is 1. The molecule has 1 aliphatic heterocycles. The molecular weight excluding hydrogens is 174 g/mol. The molecule has 0 saturated heterocycles. The minimum absolute atomic E-state index is 0.374. The zero-order valence-corrected chi connectivity index (χ0v) is 7.56. The van der Waals surface area contributed by atoms with Crippen LogP contribution in [0.3, 0.4) is 0 Å². The van der Waals surface area contributed by atoms with Crippen LogP contribution in [0.1, 0.15) is 6.92 Å². The van der Waals surface area contributed by atoms with Crippen molar-refractivity contribution in [2.24, 2.45) is 0 Å². The smallest absolute Gasteiger partial charge is 0.143 e. The van der Waals surface area contributed by atoms with Crippen molar-refractivity contribution in [3.05, 3.63) is 23.2 Å². The number of anilines is 1. The summed E-state index contributed by atoms with van der Waals surface area (Å²) in [6.07, 6.45) is 0. The van der Waals surface area contributed by atoms with E-state index in [2.05, 4.69) is 12.2 Å². The molecule has 0 amide bonds. The summed E-state index contributed by atoms with van der Waals surface area (Å²) in [6.45, 7) is 2.78. The maximum Gasteiger partial charge on any atom is 0.143 e. The minimum Gasteiger partial charge on any atom is -0.489 e. The molecule has 0 bridgehead atoms. The van der Waals surface area contributed by atoms with Gasteiger partial charge in [0.05, 0.1) is 11.7 Å². The van der Waals surface area contributed by atoms with E-state index in [9.17, 15) is 0 Å². The molecule has 0 radical (unpaired) electrons. The van der Waals surface area contributed by atoms with Crippen LogP contribution in [0.15, 0.2) is 18.2 Å². The first-order valence-corrected chi connectivity index (χ1v) is 4.32. The van der Waals surface area contributed by atoms with Gasteiger partial charge in [-0.25, -0.2) is 0 Å². The summed E-state index contributed by atoms with van der Waals surface area (Å²) in [7, 11) is 0. The predicted molar refractivity (Wildman–Crippen MR) is 50.0 cm³/mol. The first kappa shape index (κ1) is 7.74. The number of nitrogens with one attached hydrogen (secondary N) is 1. The van der Waals surface area contributed by atoms with E-state index in [1.54, 1.807) is 0 Å². The minimum atomic E-state index is 0.374. The highest BCUT2D eigenvalue weighted by molar-refractivity contribution is 6.30. The lowest BCUT2D eigenvalue weighted by Crippen LogP contribution is -2.28. The fraction of sp³-hybridized carbons (Fsp3) is 0.333. The van der Waals surface area contributed by atoms with Gasteiger partial charge in [-0.2, -0.15) is 0 Å². The van der Waals surface area contributed by atoms with Gasteiger partial charge in [0.2, 0.25) is 0 Å². The van der Waals surface area contributed by atoms with Crippen molar-refractivity contribution >= 4 is 17.3 Å². The second kappa shape index (κ2) is 2.87. The van der Waals surface area contributed by atoms with Crippen molar-refractivity contribution in [2.75, 3.05) is 11.9 Å². The first-order valence-electron chi connectivity index (χ1n) is 3.94. The number of ether oxygens (including phenoxy) is 1. The molecule has 0 saturated carbocycles. The van der Waals surface area contributed by atoms with Crippen LogP contribution >= 0.6 is 11.6 Å². The van der Waals surface area contributed by atoms with Crippen LogP contribution in [0, 0.1) is 0 Å². The lowest BCUT2D eigenvalue weighted by molar-refractivity contribution is 0.292. The Labute approximate surface area is 76.5 Å². The summed E-state index contributed by atoms with van der Waals surface area (Å²) in [5, 5.41) is 4.02. The summed E-state index contributed by atoms with van der Waals surface area (Å²) in [5.74, 6) is 0.848. The second-order valence-electron chi connectivity index (χ2n) is 3.00. The third kappa shape index (κ3) is 1.34. The molecule has 0 spiro atoms. The van der Waals surface area contributed by atoms with Crippen molar-refractivity contribution in [2.45, 2.75) is 13.0 Å². The monoisotopic (exact) mass is 183 g/mol. The summed E-state index contributed by atoms with van der Waals surface area (Å²) in [6, 6.07) is 6.00. The number of hydrogen-bond acceptors (Lipinski definition) is 2. The molecule has 1 heterocycles. The van der Waals surface area contributed by atoms with Crippen molar-refractivity contribution in [1.29, 1.82) is 0 Å². The quantitative estimate of drug-likeness (QED) is 0.668. The van der Waals surface area contributed by atoms with Gasteiger partial charge in [0.25, 0.3) is 0 Å². The van der Waals surface area contributed by atoms with Gasteiger partial charge in [-0.3, -0.25) is 0 Å². The van der Waals surface area contributed by atoms with Gasteiger partial charge in [-0.05, 0) is 19.1 Å². The molecule has 0 aromatic heterocycles. The fourth-order valence-corrected chi connectivity index (χ4v) is 1.42. The molecule has 2 nitrogen and oxygen atoms in total. The normalized spacial score (nSPS) is 20.7. The van der Waals surface area contributed by atoms with E-state index in [0.717, 1.165) is 11.4 Å². The molecule has 0 aliphatic carbocycles. The largest absolute Gasteiger partial charge is 0.489 e. The number of halogens is 1. The van der Waals surface area contributed by atoms with Crippen molar-refractivity contribution < 1.29 is 4.74 Å². The van der Waals surface area contributed by atoms with E-state index < -0.39 is 0 Å². The number of rotatable bonds is 0. The molecule has 3 heteroatoms. The highest BCUT2D eigenvalue weighted by Gasteiger charge is 2.14. The van der Waals surface area contributed by atoms with E-state index in [0.29, 0.717) is 17.7 Å². The molecule has 12 heavy (non-hydrogen) atoms. The Balaban J connectivity index is 2.37. The Hall–Kier alpha value is -0.890. The summed E-state index contributed by atoms with van der Waals surface area (Å²) in [5.41, 5.74) is 1.03. The third-order valence-electron chi connectivity index (χ3n) is 1.83. The zero-order valence-electron chi connectivity index (χ0n) is 6.80. The van der Waals surface area contributed by atoms with E-state index in [1.165, 1.54) is 0 Å². The summed E-state index contributed by atoms with van der Waals surface area (Å²) < 4.78 is 5.47. The van der Waals surface area contributed by atoms with Gasteiger partial charge in [0, 0.05) is 11.1 Å². The molecule has 0 unspecified atom stereocenters. The lowest BCUT2D eigenvalue weighted by atomic mass is 10.2. The Morgan fingerprint density at radius 3 is 3.25 bits per heavy atom. The van der Waals surface area contributed by atoms with Gasteiger partial charge in [0.1, 0.15) is 12.4 Å². The summed E-state index contributed by atoms with van der Waals surface area (Å²) in [4.78, 5) is 0. The van der Waals surface area contributed by atoms with E-state index in [1.807, 2.05) is 18.2 Å². The zero-order chi connectivity index (χ0) is 8.55. The first-order chi connectivity index (χ1) is 5.75. The molecule has 1 aromatic rings. The molecule has 2 rings (SSSR count). The number of benzene rings is 1. The van der Waals surface area contributed by atoms with Crippen LogP contribution in [0.25, 0.3) is 0 Å². The standard InChI is InChI=1S/C9H10ClNO/c1-6-5-12-9-4-7(10)2-3-8(9)11-6/h2-4,6,11H,5H2,1H3/t6-/m1/s1. The van der Waals surface area contributed by atoms with Crippen LogP contribution < -0.4 is 10.1 Å². The van der Waals surface area contributed by atoms with Gasteiger partial charge in [0.15, 0.2) is 0 Å². The van der Waals surface area contributed by atoms with Crippen LogP contribution in [0.4, 0.5) is 5.69 Å². The maximum atomic E-state index is 5.81. The topological polar surface area (TPSA) is 21.3 Å². The SMILES string of the molecule is C[C@@H]1COc2cc(Cl)ccc2N1. The Kier molecular flexibility index (Phi) is 1.85. The van der Waals surface area contributed by atoms with Crippen LogP contribution in [-0.2, 0) is 0 Å². The highest BCUT2D eigenvalue weighted by Crippen LogP contribution is 2.31. The van der Waals surface area contributed by atoms with Crippen LogP contribution in [0.2, 0.25) is 5.02 Å². The molecule has 0 fully saturated rings. The average Bonchev–Trinajstić information content (AvgIpc) is 2.05. The van der Waals surface area contributed by atoms with Gasteiger partial charge in [-0.15, -0.1) is 0 Å². The predicted octanol–water partition coefficient (Wildman–Crippen LogP) is 2.53. The molecule has 1 aromatic carbocycles. The molecule has 1 atom stereocenters. The van der Waals surface area contributed by atoms with Gasteiger partial charge >= 0.3 is 0 Å². The van der Waals surface area contributed by atoms with E-state index >= 15 is 0 Å². The molecule has 1 N–H and O–H groups in total. The van der Waals surface area contributed by atoms with Crippen molar-refractivity contribution in [3.63, 3.8) is 0 Å². The van der Waals surface area contributed by atoms with Crippen LogP contribution in [0.5, 0.6) is 5.75 Å². The van der Waals surface area contributed by atoms with E-state index in [-0.39, 0.29) is 0 Å². The number of hydrogen-bond donors (Lipinski definition) is 1. The van der Waals surface area contributed by atoms with E-state index in [4.69, 9.17) is 16.3 Å². The van der Waals surface area contributed by atoms with Crippen LogP contribution in [-0.4, -0.2) is 12.6 Å². The van der Waals surface area contributed by atoms with Crippen molar-refractivity contribution in [3.8, 4) is 5.75 Å². The van der Waals surface area contributed by atoms with Gasteiger partial charge in [-0.1, -0.05) is 11.6 Å². The third-order valence-corrected chi connectivity index (χ3v) is 2.07.